The van der Waals surface area contributed by atoms with E-state index in [9.17, 15) is 0 Å². The topological polar surface area (TPSA) is 0 Å². The van der Waals surface area contributed by atoms with Crippen molar-refractivity contribution >= 4 is 5.57 Å². The van der Waals surface area contributed by atoms with Gasteiger partial charge in [0.05, 0.1) is 0 Å². The average Bonchev–Trinajstić information content (AvgIpc) is 2.29. The van der Waals surface area contributed by atoms with Crippen molar-refractivity contribution in [3.63, 3.8) is 0 Å². The fourth-order valence-corrected chi connectivity index (χ4v) is 2.42. The largest absolute Gasteiger partial charge is 0.0726 e. The van der Waals surface area contributed by atoms with Crippen LogP contribution in [-0.4, -0.2) is 0 Å². The Kier molecular flexibility index (Phi) is 5.40. The summed E-state index contributed by atoms with van der Waals surface area (Å²) >= 11 is 0. The van der Waals surface area contributed by atoms with Crippen molar-refractivity contribution in [3.05, 3.63) is 40.5 Å². The number of rotatable bonds is 4. The van der Waals surface area contributed by atoms with Crippen LogP contribution in [0.3, 0.4) is 0 Å². The first kappa shape index (κ1) is 16.0. The molecule has 0 spiro atoms. The summed E-state index contributed by atoms with van der Waals surface area (Å²) in [7, 11) is 0. The number of allylic oxidation sites excluding steroid dienone is 2. The van der Waals surface area contributed by atoms with E-state index in [2.05, 4.69) is 66.7 Å². The van der Waals surface area contributed by atoms with Crippen molar-refractivity contribution in [3.8, 4) is 0 Å². The summed E-state index contributed by atoms with van der Waals surface area (Å²) < 4.78 is 0. The highest BCUT2D eigenvalue weighted by atomic mass is 14.2. The number of aryl methyl sites for hydroxylation is 1. The van der Waals surface area contributed by atoms with Gasteiger partial charge in [0, 0.05) is 0 Å². The number of unbranched alkanes of at least 4 members (excludes halogenated alkanes) is 1. The van der Waals surface area contributed by atoms with Crippen LogP contribution >= 0.6 is 0 Å². The van der Waals surface area contributed by atoms with Gasteiger partial charge in [-0.1, -0.05) is 57.9 Å². The van der Waals surface area contributed by atoms with Gasteiger partial charge in [-0.25, -0.2) is 0 Å². The normalized spacial score (nSPS) is 11.5. The molecule has 0 aliphatic rings. The van der Waals surface area contributed by atoms with Crippen LogP contribution < -0.4 is 0 Å². The van der Waals surface area contributed by atoms with Crippen molar-refractivity contribution in [2.45, 2.75) is 73.1 Å². The minimum atomic E-state index is 0.222. The maximum atomic E-state index is 2.41. The SMILES string of the molecule is CCCCC(=C(C)C)c1cc(C(C)(C)C)ccc1C. The Labute approximate surface area is 119 Å². The maximum absolute atomic E-state index is 2.41. The maximum Gasteiger partial charge on any atom is -0.0132 e. The van der Waals surface area contributed by atoms with E-state index in [1.807, 2.05) is 0 Å². The lowest BCUT2D eigenvalue weighted by atomic mass is 9.83. The molecular weight excluding hydrogens is 228 g/mol. The monoisotopic (exact) mass is 258 g/mol. The van der Waals surface area contributed by atoms with Crippen LogP contribution in [0, 0.1) is 6.92 Å². The lowest BCUT2D eigenvalue weighted by Crippen LogP contribution is -2.11. The molecule has 0 nitrogen and oxygen atoms in total. The van der Waals surface area contributed by atoms with E-state index in [0.29, 0.717) is 0 Å². The molecule has 0 aliphatic heterocycles. The summed E-state index contributed by atoms with van der Waals surface area (Å²) in [6.45, 7) is 15.8. The molecule has 0 radical (unpaired) electrons. The van der Waals surface area contributed by atoms with Gasteiger partial charge in [0.25, 0.3) is 0 Å². The second kappa shape index (κ2) is 6.41. The highest BCUT2D eigenvalue weighted by Gasteiger charge is 2.16. The minimum Gasteiger partial charge on any atom is -0.0726 e. The minimum absolute atomic E-state index is 0.222. The molecule has 0 unspecified atom stereocenters. The molecule has 0 saturated heterocycles. The van der Waals surface area contributed by atoms with Crippen molar-refractivity contribution in [1.82, 2.24) is 0 Å². The molecule has 0 saturated carbocycles. The zero-order valence-corrected chi connectivity index (χ0v) is 13.9. The van der Waals surface area contributed by atoms with Gasteiger partial charge in [0.15, 0.2) is 0 Å². The van der Waals surface area contributed by atoms with Gasteiger partial charge in [-0.2, -0.15) is 0 Å². The lowest BCUT2D eigenvalue weighted by molar-refractivity contribution is 0.590. The number of hydrogen-bond acceptors (Lipinski definition) is 0. The molecule has 0 heterocycles. The third-order valence-corrected chi connectivity index (χ3v) is 3.81. The average molecular weight is 258 g/mol. The van der Waals surface area contributed by atoms with Gasteiger partial charge in [0.1, 0.15) is 0 Å². The Bertz CT molecular complexity index is 451. The molecule has 0 N–H and O–H groups in total. The zero-order chi connectivity index (χ0) is 14.6. The molecule has 1 aromatic rings. The molecule has 0 heteroatoms. The molecule has 0 atom stereocenters. The molecule has 19 heavy (non-hydrogen) atoms. The summed E-state index contributed by atoms with van der Waals surface area (Å²) in [4.78, 5) is 0. The quantitative estimate of drug-likeness (QED) is 0.596. The standard InChI is InChI=1S/C19H30/c1-8-9-10-17(14(2)3)18-13-16(19(5,6)7)12-11-15(18)4/h11-13H,8-10H2,1-7H3. The van der Waals surface area contributed by atoms with Crippen molar-refractivity contribution < 1.29 is 0 Å². The molecule has 1 rings (SSSR count). The highest BCUT2D eigenvalue weighted by Crippen LogP contribution is 2.31. The van der Waals surface area contributed by atoms with Gasteiger partial charge in [-0.3, -0.25) is 0 Å². The van der Waals surface area contributed by atoms with E-state index >= 15 is 0 Å². The summed E-state index contributed by atoms with van der Waals surface area (Å²) in [5.74, 6) is 0. The molecule has 0 bridgehead atoms. The molecule has 0 aliphatic carbocycles. The first-order valence-electron chi connectivity index (χ1n) is 7.55. The molecular formula is C19H30. The van der Waals surface area contributed by atoms with Crippen LogP contribution in [0.4, 0.5) is 0 Å². The molecule has 0 fully saturated rings. The Morgan fingerprint density at radius 3 is 2.21 bits per heavy atom. The first-order chi connectivity index (χ1) is 8.77. The van der Waals surface area contributed by atoms with Gasteiger partial charge in [-0.15, -0.1) is 0 Å². The second-order valence-electron chi connectivity index (χ2n) is 6.86. The third kappa shape index (κ3) is 4.23. The number of hydrogen-bond donors (Lipinski definition) is 0. The third-order valence-electron chi connectivity index (χ3n) is 3.81. The van der Waals surface area contributed by atoms with Crippen LogP contribution in [0.25, 0.3) is 5.57 Å². The highest BCUT2D eigenvalue weighted by molar-refractivity contribution is 5.71. The van der Waals surface area contributed by atoms with Crippen molar-refractivity contribution in [2.75, 3.05) is 0 Å². The van der Waals surface area contributed by atoms with Crippen molar-refractivity contribution in [2.24, 2.45) is 0 Å². The Hall–Kier alpha value is -1.04. The van der Waals surface area contributed by atoms with Crippen LogP contribution in [0.15, 0.2) is 23.8 Å². The van der Waals surface area contributed by atoms with Crippen LogP contribution in [-0.2, 0) is 5.41 Å². The Morgan fingerprint density at radius 2 is 1.74 bits per heavy atom. The predicted molar refractivity (Wildman–Crippen MR) is 87.7 cm³/mol. The Morgan fingerprint density at radius 1 is 1.11 bits per heavy atom. The van der Waals surface area contributed by atoms with E-state index < -0.39 is 0 Å². The summed E-state index contributed by atoms with van der Waals surface area (Å²) in [5, 5.41) is 0. The molecule has 1 aromatic carbocycles. The van der Waals surface area contributed by atoms with E-state index in [4.69, 9.17) is 0 Å². The van der Waals surface area contributed by atoms with E-state index in [-0.39, 0.29) is 5.41 Å². The van der Waals surface area contributed by atoms with E-state index in [1.165, 1.54) is 41.5 Å². The van der Waals surface area contributed by atoms with Crippen molar-refractivity contribution in [1.29, 1.82) is 0 Å². The fourth-order valence-electron chi connectivity index (χ4n) is 2.42. The van der Waals surface area contributed by atoms with Crippen LogP contribution in [0.2, 0.25) is 0 Å². The molecule has 106 valence electrons. The fraction of sp³-hybridized carbons (Fsp3) is 0.579. The summed E-state index contributed by atoms with van der Waals surface area (Å²) in [6.07, 6.45) is 3.74. The summed E-state index contributed by atoms with van der Waals surface area (Å²) in [6, 6.07) is 6.97. The smallest absolute Gasteiger partial charge is 0.0132 e. The molecule has 0 amide bonds. The second-order valence-corrected chi connectivity index (χ2v) is 6.86. The first-order valence-corrected chi connectivity index (χ1v) is 7.55. The predicted octanol–water partition coefficient (Wildman–Crippen LogP) is 6.28. The number of benzene rings is 1. The Balaban J connectivity index is 3.27. The van der Waals surface area contributed by atoms with Gasteiger partial charge in [0.2, 0.25) is 0 Å². The molecule has 0 aromatic heterocycles. The lowest BCUT2D eigenvalue weighted by Gasteiger charge is -2.22. The van der Waals surface area contributed by atoms with Gasteiger partial charge in [-0.05, 0) is 61.3 Å². The van der Waals surface area contributed by atoms with Crippen LogP contribution in [0.5, 0.6) is 0 Å². The van der Waals surface area contributed by atoms with Gasteiger partial charge >= 0.3 is 0 Å². The van der Waals surface area contributed by atoms with Crippen LogP contribution in [0.1, 0.15) is 77.5 Å². The van der Waals surface area contributed by atoms with E-state index in [1.54, 1.807) is 5.57 Å². The van der Waals surface area contributed by atoms with E-state index in [0.717, 1.165) is 0 Å². The van der Waals surface area contributed by atoms with Gasteiger partial charge < -0.3 is 0 Å². The summed E-state index contributed by atoms with van der Waals surface area (Å²) in [5.41, 5.74) is 7.53. The zero-order valence-electron chi connectivity index (χ0n) is 13.9.